The molecule has 0 aromatic carbocycles. The molecule has 0 bridgehead atoms. The Hall–Kier alpha value is -2.14. The van der Waals surface area contributed by atoms with Crippen LogP contribution in [-0.2, 0) is 19.1 Å². The van der Waals surface area contributed by atoms with Crippen LogP contribution in [0.4, 0.5) is 0 Å². The SMILES string of the molecule is CC/C=C\C/C=C\C/C=C\CCCCCC(=O)OC(CO)COC(=O)CCCCCCC/C=C\CCCCCCCC. The number of carbonyl (C=O) groups is 2. The van der Waals surface area contributed by atoms with E-state index < -0.39 is 6.10 Å². The molecule has 0 spiro atoms. The van der Waals surface area contributed by atoms with Gasteiger partial charge < -0.3 is 14.6 Å². The van der Waals surface area contributed by atoms with E-state index in [9.17, 15) is 14.7 Å². The molecule has 5 nitrogen and oxygen atoms in total. The van der Waals surface area contributed by atoms with Gasteiger partial charge in [-0.05, 0) is 70.6 Å². The number of allylic oxidation sites excluding steroid dienone is 8. The van der Waals surface area contributed by atoms with Crippen molar-refractivity contribution in [3.05, 3.63) is 48.6 Å². The normalized spacial score (nSPS) is 12.7. The molecule has 0 aliphatic carbocycles. The van der Waals surface area contributed by atoms with Crippen molar-refractivity contribution in [3.8, 4) is 0 Å². The van der Waals surface area contributed by atoms with E-state index in [1.165, 1.54) is 57.8 Å². The predicted molar refractivity (Wildman–Crippen MR) is 177 cm³/mol. The molecule has 0 fully saturated rings. The van der Waals surface area contributed by atoms with Gasteiger partial charge in [0.15, 0.2) is 6.10 Å². The van der Waals surface area contributed by atoms with E-state index in [0.717, 1.165) is 70.6 Å². The lowest BCUT2D eigenvalue weighted by Crippen LogP contribution is -2.28. The first-order valence-electron chi connectivity index (χ1n) is 17.2. The zero-order valence-electron chi connectivity index (χ0n) is 27.2. The summed E-state index contributed by atoms with van der Waals surface area (Å²) in [5.41, 5.74) is 0. The van der Waals surface area contributed by atoms with Crippen molar-refractivity contribution in [2.75, 3.05) is 13.2 Å². The summed E-state index contributed by atoms with van der Waals surface area (Å²) in [7, 11) is 0. The van der Waals surface area contributed by atoms with E-state index in [1.807, 2.05) is 0 Å². The first kappa shape index (κ1) is 39.9. The van der Waals surface area contributed by atoms with Crippen molar-refractivity contribution in [1.82, 2.24) is 0 Å². The fourth-order valence-electron chi connectivity index (χ4n) is 4.50. The first-order valence-corrected chi connectivity index (χ1v) is 17.2. The van der Waals surface area contributed by atoms with Crippen LogP contribution in [0.2, 0.25) is 0 Å². The highest BCUT2D eigenvalue weighted by Gasteiger charge is 2.16. The average Bonchev–Trinajstić information content (AvgIpc) is 2.99. The maximum Gasteiger partial charge on any atom is 0.306 e. The van der Waals surface area contributed by atoms with E-state index in [2.05, 4.69) is 62.5 Å². The van der Waals surface area contributed by atoms with Crippen LogP contribution in [-0.4, -0.2) is 36.4 Å². The van der Waals surface area contributed by atoms with E-state index >= 15 is 0 Å². The summed E-state index contributed by atoms with van der Waals surface area (Å²) in [6.07, 6.45) is 40.2. The molecule has 0 heterocycles. The van der Waals surface area contributed by atoms with Crippen LogP contribution in [0.15, 0.2) is 48.6 Å². The molecule has 1 atom stereocenters. The second-order valence-corrected chi connectivity index (χ2v) is 11.2. The van der Waals surface area contributed by atoms with Gasteiger partial charge >= 0.3 is 11.9 Å². The third-order valence-corrected chi connectivity index (χ3v) is 7.11. The number of hydrogen-bond donors (Lipinski definition) is 1. The number of aliphatic hydroxyl groups excluding tert-OH is 1. The monoisotopic (exact) mass is 588 g/mol. The van der Waals surface area contributed by atoms with Crippen molar-refractivity contribution in [2.24, 2.45) is 0 Å². The van der Waals surface area contributed by atoms with Crippen LogP contribution in [0.3, 0.4) is 0 Å². The van der Waals surface area contributed by atoms with Gasteiger partial charge in [-0.15, -0.1) is 0 Å². The molecule has 0 radical (unpaired) electrons. The van der Waals surface area contributed by atoms with Crippen LogP contribution < -0.4 is 0 Å². The van der Waals surface area contributed by atoms with Crippen molar-refractivity contribution < 1.29 is 24.2 Å². The minimum atomic E-state index is -0.788. The lowest BCUT2D eigenvalue weighted by Gasteiger charge is -2.15. The highest BCUT2D eigenvalue weighted by molar-refractivity contribution is 5.70. The van der Waals surface area contributed by atoms with Gasteiger partial charge in [0.1, 0.15) is 6.61 Å². The van der Waals surface area contributed by atoms with Gasteiger partial charge in [0.05, 0.1) is 6.61 Å². The third-order valence-electron chi connectivity index (χ3n) is 7.11. The standard InChI is InChI=1S/C37H64O5/c1-3-5-7-9-11-13-15-17-18-20-21-23-25-27-29-31-36(39)41-34-35(33-38)42-37(40)32-30-28-26-24-22-19-16-14-12-10-8-6-4-2/h6,8,12,14,17-19,22,35,38H,3-5,7,9-11,13,15-16,20-21,23-34H2,1-2H3/b8-6-,14-12-,18-17-,22-19-. The van der Waals surface area contributed by atoms with Crippen molar-refractivity contribution in [3.63, 3.8) is 0 Å². The Morgan fingerprint density at radius 2 is 1.02 bits per heavy atom. The maximum atomic E-state index is 12.1. The summed E-state index contributed by atoms with van der Waals surface area (Å²) in [4.78, 5) is 24.1. The van der Waals surface area contributed by atoms with Crippen molar-refractivity contribution in [1.29, 1.82) is 0 Å². The van der Waals surface area contributed by atoms with Gasteiger partial charge in [0.2, 0.25) is 0 Å². The van der Waals surface area contributed by atoms with Crippen LogP contribution in [0.1, 0.15) is 155 Å². The van der Waals surface area contributed by atoms with Gasteiger partial charge in [-0.1, -0.05) is 120 Å². The van der Waals surface area contributed by atoms with E-state index in [1.54, 1.807) is 0 Å². The molecule has 1 unspecified atom stereocenters. The molecule has 0 aromatic heterocycles. The Kier molecular flexibility index (Phi) is 31.7. The average molecular weight is 589 g/mol. The van der Waals surface area contributed by atoms with Crippen LogP contribution in [0.25, 0.3) is 0 Å². The third kappa shape index (κ3) is 30.8. The quantitative estimate of drug-likeness (QED) is 0.0513. The zero-order valence-corrected chi connectivity index (χ0v) is 27.2. The van der Waals surface area contributed by atoms with Gasteiger partial charge in [0, 0.05) is 12.8 Å². The lowest BCUT2D eigenvalue weighted by atomic mass is 10.1. The molecule has 0 rings (SSSR count). The molecule has 5 heteroatoms. The highest BCUT2D eigenvalue weighted by Crippen LogP contribution is 2.11. The molecule has 0 aliphatic heterocycles. The Bertz CT molecular complexity index is 722. The van der Waals surface area contributed by atoms with E-state index in [0.29, 0.717) is 12.8 Å². The molecule has 42 heavy (non-hydrogen) atoms. The van der Waals surface area contributed by atoms with Crippen molar-refractivity contribution in [2.45, 2.75) is 161 Å². The summed E-state index contributed by atoms with van der Waals surface area (Å²) in [6.45, 7) is 3.96. The summed E-state index contributed by atoms with van der Waals surface area (Å²) < 4.78 is 10.5. The maximum absolute atomic E-state index is 12.1. The van der Waals surface area contributed by atoms with Gasteiger partial charge in [0.25, 0.3) is 0 Å². The smallest absolute Gasteiger partial charge is 0.306 e. The number of esters is 2. The predicted octanol–water partition coefficient (Wildman–Crippen LogP) is 10.3. The lowest BCUT2D eigenvalue weighted by molar-refractivity contribution is -0.161. The Morgan fingerprint density at radius 3 is 1.60 bits per heavy atom. The number of ether oxygens (including phenoxy) is 2. The van der Waals surface area contributed by atoms with Crippen LogP contribution >= 0.6 is 0 Å². The summed E-state index contributed by atoms with van der Waals surface area (Å²) in [5, 5.41) is 9.50. The molecule has 242 valence electrons. The second kappa shape index (κ2) is 33.4. The van der Waals surface area contributed by atoms with E-state index in [-0.39, 0.29) is 25.2 Å². The number of unbranched alkanes of at least 4 members (excludes halogenated alkanes) is 14. The summed E-state index contributed by atoms with van der Waals surface area (Å²) in [6, 6.07) is 0. The second-order valence-electron chi connectivity index (χ2n) is 11.2. The number of aliphatic hydroxyl groups is 1. The van der Waals surface area contributed by atoms with Crippen LogP contribution in [0, 0.1) is 0 Å². The molecule has 0 aliphatic rings. The molecule has 0 saturated heterocycles. The van der Waals surface area contributed by atoms with Gasteiger partial charge in [-0.2, -0.15) is 0 Å². The number of rotatable bonds is 30. The molecule has 0 aromatic rings. The van der Waals surface area contributed by atoms with Crippen molar-refractivity contribution >= 4 is 11.9 Å². The first-order chi connectivity index (χ1) is 20.6. The minimum Gasteiger partial charge on any atom is -0.462 e. The van der Waals surface area contributed by atoms with Gasteiger partial charge in [-0.3, -0.25) is 9.59 Å². The van der Waals surface area contributed by atoms with Gasteiger partial charge in [-0.25, -0.2) is 0 Å². The number of hydrogen-bond acceptors (Lipinski definition) is 5. The molecular weight excluding hydrogens is 524 g/mol. The fourth-order valence-corrected chi connectivity index (χ4v) is 4.50. The Morgan fingerprint density at radius 1 is 0.571 bits per heavy atom. The molecule has 1 N–H and O–H groups in total. The van der Waals surface area contributed by atoms with Crippen LogP contribution in [0.5, 0.6) is 0 Å². The Balaban J connectivity index is 3.65. The zero-order chi connectivity index (χ0) is 30.8. The molecule has 0 saturated carbocycles. The Labute approximate surface area is 258 Å². The molecular formula is C37H64O5. The highest BCUT2D eigenvalue weighted by atomic mass is 16.6. The fraction of sp³-hybridized carbons (Fsp3) is 0.730. The van der Waals surface area contributed by atoms with E-state index in [4.69, 9.17) is 9.47 Å². The minimum absolute atomic E-state index is 0.0831. The summed E-state index contributed by atoms with van der Waals surface area (Å²) in [5.74, 6) is -0.640. The topological polar surface area (TPSA) is 72.8 Å². The molecule has 0 amide bonds. The number of carbonyl (C=O) groups excluding carboxylic acids is 2. The largest absolute Gasteiger partial charge is 0.462 e. The summed E-state index contributed by atoms with van der Waals surface area (Å²) >= 11 is 0.